The summed E-state index contributed by atoms with van der Waals surface area (Å²) >= 11 is 0. The van der Waals surface area contributed by atoms with Crippen LogP contribution < -0.4 is 0 Å². The molecule has 0 aliphatic carbocycles. The molecule has 57 heavy (non-hydrogen) atoms. The van der Waals surface area contributed by atoms with Gasteiger partial charge in [0.1, 0.15) is 0 Å². The molecule has 0 aliphatic rings. The van der Waals surface area contributed by atoms with Crippen molar-refractivity contribution in [2.24, 2.45) is 0 Å². The molecule has 11 rings (SSSR count). The highest BCUT2D eigenvalue weighted by atomic mass is 15.1. The van der Waals surface area contributed by atoms with Crippen molar-refractivity contribution < 1.29 is 0 Å². The zero-order valence-corrected chi connectivity index (χ0v) is 30.3. The number of benzene rings is 8. The summed E-state index contributed by atoms with van der Waals surface area (Å²) < 4.78 is 6.85. The quantitative estimate of drug-likeness (QED) is 0.181. The summed E-state index contributed by atoms with van der Waals surface area (Å²) in [4.78, 5) is 0. The van der Waals surface area contributed by atoms with E-state index in [4.69, 9.17) is 0 Å². The van der Waals surface area contributed by atoms with E-state index in [-0.39, 0.29) is 0 Å². The van der Waals surface area contributed by atoms with Gasteiger partial charge in [-0.05, 0) is 78.9 Å². The second-order valence-electron chi connectivity index (χ2n) is 14.3. The Balaban J connectivity index is 1.17. The Labute approximate surface area is 326 Å². The van der Waals surface area contributed by atoms with Crippen LogP contribution in [0, 0.1) is 34.0 Å². The molecule has 0 radical (unpaired) electrons. The maximum atomic E-state index is 10.9. The van der Waals surface area contributed by atoms with Crippen molar-refractivity contribution >= 4 is 65.4 Å². The average molecular weight is 725 g/mol. The van der Waals surface area contributed by atoms with Crippen LogP contribution in [0.4, 0.5) is 0 Å². The summed E-state index contributed by atoms with van der Waals surface area (Å²) in [5.41, 5.74) is 12.4. The molecule has 0 N–H and O–H groups in total. The number of fused-ring (bicyclic) bond motifs is 9. The molecule has 262 valence electrons. The maximum Gasteiger partial charge on any atom is 0.0998 e. The van der Waals surface area contributed by atoms with Crippen molar-refractivity contribution in [2.45, 2.75) is 0 Å². The van der Waals surface area contributed by atoms with E-state index in [9.17, 15) is 15.8 Å². The first-order chi connectivity index (χ1) is 28.2. The lowest BCUT2D eigenvalue weighted by molar-refractivity contribution is 1.13. The van der Waals surface area contributed by atoms with Gasteiger partial charge in [0.2, 0.25) is 0 Å². The third kappa shape index (κ3) is 4.61. The normalized spacial score (nSPS) is 11.5. The van der Waals surface area contributed by atoms with E-state index in [1.54, 1.807) is 12.1 Å². The van der Waals surface area contributed by atoms with E-state index >= 15 is 0 Å². The molecule has 0 unspecified atom stereocenters. The number of para-hydroxylation sites is 5. The fraction of sp³-hybridized carbons (Fsp3) is 0. The molecule has 3 aromatic heterocycles. The number of rotatable bonds is 4. The molecule has 0 spiro atoms. The molecular formula is C51H28N6. The molecule has 0 aliphatic heterocycles. The second kappa shape index (κ2) is 12.3. The van der Waals surface area contributed by atoms with Crippen LogP contribution in [0.3, 0.4) is 0 Å². The Bertz CT molecular complexity index is 3500. The van der Waals surface area contributed by atoms with Crippen LogP contribution >= 0.6 is 0 Å². The predicted octanol–water partition coefficient (Wildman–Crippen LogP) is 12.3. The molecule has 0 saturated heterocycles. The third-order valence-electron chi connectivity index (χ3n) is 11.3. The van der Waals surface area contributed by atoms with Gasteiger partial charge in [0.05, 0.1) is 79.4 Å². The first kappa shape index (κ1) is 32.1. The van der Waals surface area contributed by atoms with Gasteiger partial charge >= 0.3 is 0 Å². The molecule has 0 bridgehead atoms. The fourth-order valence-electron chi connectivity index (χ4n) is 8.95. The fourth-order valence-corrected chi connectivity index (χ4v) is 8.95. The van der Waals surface area contributed by atoms with Crippen LogP contribution in [0.2, 0.25) is 0 Å². The minimum atomic E-state index is 0.528. The molecule has 11 aromatic rings. The molecule has 0 saturated carbocycles. The van der Waals surface area contributed by atoms with Crippen LogP contribution in [0.25, 0.3) is 93.6 Å². The highest BCUT2D eigenvalue weighted by molar-refractivity contribution is 6.15. The van der Waals surface area contributed by atoms with Crippen molar-refractivity contribution in [1.29, 1.82) is 15.8 Å². The number of hydrogen-bond donors (Lipinski definition) is 0. The van der Waals surface area contributed by atoms with Crippen molar-refractivity contribution in [3.63, 3.8) is 0 Å². The van der Waals surface area contributed by atoms with Gasteiger partial charge in [0.15, 0.2) is 0 Å². The van der Waals surface area contributed by atoms with Gasteiger partial charge in [-0.2, -0.15) is 15.8 Å². The highest BCUT2D eigenvalue weighted by Gasteiger charge is 2.22. The van der Waals surface area contributed by atoms with Crippen molar-refractivity contribution in [3.8, 4) is 46.4 Å². The van der Waals surface area contributed by atoms with E-state index in [0.29, 0.717) is 16.7 Å². The van der Waals surface area contributed by atoms with Crippen molar-refractivity contribution in [2.75, 3.05) is 0 Å². The van der Waals surface area contributed by atoms with Crippen LogP contribution in [-0.4, -0.2) is 13.7 Å². The number of aromatic nitrogens is 3. The minimum absolute atomic E-state index is 0.528. The largest absolute Gasteiger partial charge is 0.309 e. The minimum Gasteiger partial charge on any atom is -0.309 e. The van der Waals surface area contributed by atoms with Gasteiger partial charge in [0, 0.05) is 49.1 Å². The summed E-state index contributed by atoms with van der Waals surface area (Å²) in [5.74, 6) is 0. The molecule has 0 atom stereocenters. The van der Waals surface area contributed by atoms with E-state index in [1.807, 2.05) is 42.5 Å². The average Bonchev–Trinajstić information content (AvgIpc) is 3.91. The Kier molecular flexibility index (Phi) is 6.95. The number of hydrogen-bond acceptors (Lipinski definition) is 3. The third-order valence-corrected chi connectivity index (χ3v) is 11.3. The summed E-state index contributed by atoms with van der Waals surface area (Å²) in [7, 11) is 0. The standard InChI is InChI=1S/C51H28N6/c52-29-32-20-24-48-42(26-32)43-27-33(30-53)21-25-49(43)55(48)35-22-23-36(34(28-35)31-54)37-10-1-7-17-46(37)57-47-18-8-4-13-40(47)41-14-9-19-50(51(41)57)56-44-15-5-2-11-38(44)39-12-3-6-16-45(39)56/h1-28H. The Morgan fingerprint density at radius 3 is 1.46 bits per heavy atom. The molecule has 6 nitrogen and oxygen atoms in total. The maximum absolute atomic E-state index is 10.9. The van der Waals surface area contributed by atoms with Crippen LogP contribution in [-0.2, 0) is 0 Å². The second-order valence-corrected chi connectivity index (χ2v) is 14.3. The monoisotopic (exact) mass is 724 g/mol. The molecule has 8 aromatic carbocycles. The lowest BCUT2D eigenvalue weighted by Gasteiger charge is -2.18. The lowest BCUT2D eigenvalue weighted by Crippen LogP contribution is -2.03. The molecule has 3 heterocycles. The molecular weight excluding hydrogens is 697 g/mol. The summed E-state index contributed by atoms with van der Waals surface area (Å²) in [6, 6.07) is 64.9. The van der Waals surface area contributed by atoms with Gasteiger partial charge in [0.25, 0.3) is 0 Å². The highest BCUT2D eigenvalue weighted by Crippen LogP contribution is 2.42. The van der Waals surface area contributed by atoms with Gasteiger partial charge in [-0.1, -0.05) is 91.0 Å². The summed E-state index contributed by atoms with van der Waals surface area (Å²) in [6.45, 7) is 0. The summed E-state index contributed by atoms with van der Waals surface area (Å²) in [6.07, 6.45) is 0. The van der Waals surface area contributed by atoms with Crippen molar-refractivity contribution in [3.05, 3.63) is 187 Å². The zero-order valence-electron chi connectivity index (χ0n) is 30.3. The summed E-state index contributed by atoms with van der Waals surface area (Å²) in [5, 5.41) is 36.7. The Morgan fingerprint density at radius 2 is 0.842 bits per heavy atom. The first-order valence-electron chi connectivity index (χ1n) is 18.7. The predicted molar refractivity (Wildman–Crippen MR) is 229 cm³/mol. The molecule has 6 heteroatoms. The van der Waals surface area contributed by atoms with E-state index < -0.39 is 0 Å². The van der Waals surface area contributed by atoms with Gasteiger partial charge < -0.3 is 13.7 Å². The van der Waals surface area contributed by atoms with Gasteiger partial charge in [-0.3, -0.25) is 0 Å². The zero-order chi connectivity index (χ0) is 38.2. The Morgan fingerprint density at radius 1 is 0.333 bits per heavy atom. The van der Waals surface area contributed by atoms with Crippen LogP contribution in [0.5, 0.6) is 0 Å². The van der Waals surface area contributed by atoms with E-state index in [0.717, 1.165) is 82.8 Å². The SMILES string of the molecule is N#Cc1ccc2c(c1)c1cc(C#N)ccc1n2-c1ccc(-c2ccccc2-n2c3ccccc3c3cccc(-n4c5ccccc5c5ccccc54)c32)c(C#N)c1. The molecule has 0 amide bonds. The number of nitrogens with zero attached hydrogens (tertiary/aromatic N) is 6. The topological polar surface area (TPSA) is 86.2 Å². The Hall–Kier alpha value is -8.37. The molecule has 0 fully saturated rings. The van der Waals surface area contributed by atoms with Crippen molar-refractivity contribution in [1.82, 2.24) is 13.7 Å². The van der Waals surface area contributed by atoms with Crippen LogP contribution in [0.15, 0.2) is 170 Å². The van der Waals surface area contributed by atoms with Gasteiger partial charge in [-0.15, -0.1) is 0 Å². The first-order valence-corrected chi connectivity index (χ1v) is 18.7. The van der Waals surface area contributed by atoms with E-state index in [1.165, 1.54) is 10.8 Å². The van der Waals surface area contributed by atoms with Crippen LogP contribution in [0.1, 0.15) is 16.7 Å². The lowest BCUT2D eigenvalue weighted by atomic mass is 9.97. The smallest absolute Gasteiger partial charge is 0.0998 e. The van der Waals surface area contributed by atoms with Gasteiger partial charge in [-0.25, -0.2) is 0 Å². The van der Waals surface area contributed by atoms with E-state index in [2.05, 4.69) is 147 Å². The number of nitriles is 3.